The van der Waals surface area contributed by atoms with Gasteiger partial charge in [0.1, 0.15) is 22.5 Å². The summed E-state index contributed by atoms with van der Waals surface area (Å²) in [6.45, 7) is 0. The lowest BCUT2D eigenvalue weighted by atomic mass is 10.1. The molecule has 0 amide bonds. The van der Waals surface area contributed by atoms with Gasteiger partial charge in [-0.3, -0.25) is 0 Å². The molecule has 6 rings (SSSR count). The number of nitrogens with zero attached hydrogens (tertiary/aromatic N) is 4. The van der Waals surface area contributed by atoms with Gasteiger partial charge in [0.2, 0.25) is 6.17 Å². The number of H-pyrrole nitrogens is 1. The Kier molecular flexibility index (Phi) is 4.36. The summed E-state index contributed by atoms with van der Waals surface area (Å²) in [5, 5.41) is 8.12. The highest BCUT2D eigenvalue weighted by molar-refractivity contribution is 5.92. The molecule has 0 radical (unpaired) electrons. The van der Waals surface area contributed by atoms with Gasteiger partial charge >= 0.3 is 5.95 Å². The Balaban J connectivity index is 1.58. The molecule has 8 heteroatoms. The fraction of sp³-hybridized carbons (Fsp3) is 0.0800. The van der Waals surface area contributed by atoms with Crippen LogP contribution in [-0.4, -0.2) is 27.8 Å². The summed E-state index contributed by atoms with van der Waals surface area (Å²) in [5.41, 5.74) is 11.9. The summed E-state index contributed by atoms with van der Waals surface area (Å²) in [7, 11) is 1.66. The number of guanidine groups is 1. The third-order valence-corrected chi connectivity index (χ3v) is 5.81. The Labute approximate surface area is 190 Å². The standard InChI is InChI=1S/C25H21N7O/c1-33-18-13-11-16(12-14-18)22-19(15-31(30-22)17-7-3-2-4-8-17)23-28-24(26)29-25-27-20-9-5-6-10-21(20)32(23)25/h2-15,23H,1H3,(H3,26,27,28,29)/p+1/t23-/m1/s1. The van der Waals surface area contributed by atoms with E-state index in [4.69, 9.17) is 20.6 Å². The largest absolute Gasteiger partial charge is 0.497 e. The van der Waals surface area contributed by atoms with Gasteiger partial charge < -0.3 is 10.5 Å². The first kappa shape index (κ1) is 19.1. The van der Waals surface area contributed by atoms with Gasteiger partial charge in [0, 0.05) is 11.8 Å². The minimum absolute atomic E-state index is 0.347. The van der Waals surface area contributed by atoms with Crippen molar-refractivity contribution in [2.24, 2.45) is 10.7 Å². The lowest BCUT2D eigenvalue weighted by molar-refractivity contribution is -0.674. The molecule has 2 aromatic heterocycles. The quantitative estimate of drug-likeness (QED) is 0.375. The molecule has 0 fully saturated rings. The van der Waals surface area contributed by atoms with E-state index in [0.717, 1.165) is 45.2 Å². The first-order valence-electron chi connectivity index (χ1n) is 10.6. The van der Waals surface area contributed by atoms with Gasteiger partial charge in [-0.1, -0.05) is 30.3 Å². The second-order valence-corrected chi connectivity index (χ2v) is 7.82. The molecular weight excluding hydrogens is 414 g/mol. The molecule has 0 unspecified atom stereocenters. The molecule has 4 N–H and O–H groups in total. The van der Waals surface area contributed by atoms with Crippen molar-refractivity contribution in [3.63, 3.8) is 0 Å². The van der Waals surface area contributed by atoms with Gasteiger partial charge in [-0.15, -0.1) is 0 Å². The lowest BCUT2D eigenvalue weighted by Crippen LogP contribution is -2.48. The highest BCUT2D eigenvalue weighted by atomic mass is 16.5. The smallest absolute Gasteiger partial charge is 0.365 e. The van der Waals surface area contributed by atoms with Crippen LogP contribution in [0.5, 0.6) is 5.75 Å². The number of hydrogen-bond acceptors (Lipinski definition) is 5. The van der Waals surface area contributed by atoms with E-state index in [0.29, 0.717) is 5.96 Å². The fourth-order valence-corrected chi connectivity index (χ4v) is 4.26. The van der Waals surface area contributed by atoms with Crippen molar-refractivity contribution >= 4 is 22.9 Å². The monoisotopic (exact) mass is 436 g/mol. The number of para-hydroxylation sites is 3. The van der Waals surface area contributed by atoms with Crippen molar-refractivity contribution in [1.29, 1.82) is 0 Å². The molecule has 0 saturated heterocycles. The Morgan fingerprint density at radius 3 is 2.52 bits per heavy atom. The molecule has 0 spiro atoms. The number of fused-ring (bicyclic) bond motifs is 3. The molecule has 1 aliphatic heterocycles. The normalized spacial score (nSPS) is 15.1. The Morgan fingerprint density at radius 1 is 0.970 bits per heavy atom. The van der Waals surface area contributed by atoms with Crippen molar-refractivity contribution in [2.45, 2.75) is 6.17 Å². The topological polar surface area (TPSA) is 97.1 Å². The number of benzene rings is 3. The molecule has 3 aromatic carbocycles. The Hall–Kier alpha value is -4.59. The molecule has 5 aromatic rings. The van der Waals surface area contributed by atoms with E-state index < -0.39 is 6.17 Å². The van der Waals surface area contributed by atoms with Crippen LogP contribution in [-0.2, 0) is 0 Å². The second-order valence-electron chi connectivity index (χ2n) is 7.82. The number of anilines is 1. The van der Waals surface area contributed by atoms with Crippen molar-refractivity contribution in [3.8, 4) is 22.7 Å². The zero-order chi connectivity index (χ0) is 22.4. The minimum atomic E-state index is -0.396. The van der Waals surface area contributed by atoms with Crippen molar-refractivity contribution < 1.29 is 9.30 Å². The maximum Gasteiger partial charge on any atom is 0.365 e. The highest BCUT2D eigenvalue weighted by Crippen LogP contribution is 2.32. The van der Waals surface area contributed by atoms with Crippen LogP contribution in [0.2, 0.25) is 0 Å². The van der Waals surface area contributed by atoms with Gasteiger partial charge in [-0.05, 0) is 48.5 Å². The minimum Gasteiger partial charge on any atom is -0.497 e. The Morgan fingerprint density at radius 2 is 1.73 bits per heavy atom. The fourth-order valence-electron chi connectivity index (χ4n) is 4.26. The number of aromatic nitrogens is 4. The SMILES string of the molecule is COc1ccc(-c2nn(-c3ccccc3)cc2[C@@H]2N=C(N)Nc3[nH]c4ccccc4[n+]32)cc1. The van der Waals surface area contributed by atoms with Crippen LogP contribution in [0, 0.1) is 0 Å². The van der Waals surface area contributed by atoms with Crippen LogP contribution in [0.3, 0.4) is 0 Å². The van der Waals surface area contributed by atoms with Crippen LogP contribution < -0.4 is 20.4 Å². The van der Waals surface area contributed by atoms with Crippen LogP contribution in [0.25, 0.3) is 28.0 Å². The average molecular weight is 436 g/mol. The van der Waals surface area contributed by atoms with Gasteiger partial charge in [0.05, 0.1) is 18.4 Å². The molecular formula is C25H22N7O+. The first-order chi connectivity index (χ1) is 16.2. The number of rotatable bonds is 4. The molecule has 3 heterocycles. The molecule has 0 aliphatic carbocycles. The summed E-state index contributed by atoms with van der Waals surface area (Å²) >= 11 is 0. The third kappa shape index (κ3) is 3.20. The number of aromatic amines is 1. The van der Waals surface area contributed by atoms with E-state index in [9.17, 15) is 0 Å². The molecule has 0 bridgehead atoms. The second kappa shape index (κ2) is 7.52. The van der Waals surface area contributed by atoms with Gasteiger partial charge in [0.25, 0.3) is 5.96 Å². The molecule has 33 heavy (non-hydrogen) atoms. The number of nitrogens with two attached hydrogens (primary N) is 1. The van der Waals surface area contributed by atoms with Crippen LogP contribution in [0.1, 0.15) is 11.7 Å². The van der Waals surface area contributed by atoms with Crippen molar-refractivity contribution in [2.75, 3.05) is 12.4 Å². The highest BCUT2D eigenvalue weighted by Gasteiger charge is 2.34. The van der Waals surface area contributed by atoms with Gasteiger partial charge in [0.15, 0.2) is 0 Å². The molecule has 1 atom stereocenters. The summed E-state index contributed by atoms with van der Waals surface area (Å²) in [4.78, 5) is 8.20. The predicted octanol–water partition coefficient (Wildman–Crippen LogP) is 3.60. The average Bonchev–Trinajstić information content (AvgIpc) is 3.46. The Bertz CT molecular complexity index is 1480. The number of nitrogens with one attached hydrogen (secondary N) is 2. The van der Waals surface area contributed by atoms with Crippen molar-refractivity contribution in [3.05, 3.63) is 90.6 Å². The van der Waals surface area contributed by atoms with Crippen LogP contribution in [0.4, 0.5) is 5.95 Å². The number of hydrogen-bond donors (Lipinski definition) is 3. The third-order valence-electron chi connectivity index (χ3n) is 5.81. The summed E-state index contributed by atoms with van der Waals surface area (Å²) in [6.07, 6.45) is 1.63. The maximum absolute atomic E-state index is 6.21. The molecule has 162 valence electrons. The van der Waals surface area contributed by atoms with E-state index >= 15 is 0 Å². The number of ether oxygens (including phenoxy) is 1. The van der Waals surface area contributed by atoms with Crippen molar-refractivity contribution in [1.82, 2.24) is 14.8 Å². The molecule has 1 aliphatic rings. The van der Waals surface area contributed by atoms with Gasteiger partial charge in [-0.25, -0.2) is 19.5 Å². The zero-order valence-electron chi connectivity index (χ0n) is 17.9. The van der Waals surface area contributed by atoms with E-state index in [1.165, 1.54) is 0 Å². The maximum atomic E-state index is 6.21. The molecule has 0 saturated carbocycles. The predicted molar refractivity (Wildman–Crippen MR) is 127 cm³/mol. The zero-order valence-corrected chi connectivity index (χ0v) is 17.9. The van der Waals surface area contributed by atoms with Gasteiger partial charge in [-0.2, -0.15) is 10.1 Å². The summed E-state index contributed by atoms with van der Waals surface area (Å²) in [5.74, 6) is 1.92. The van der Waals surface area contributed by atoms with E-state index in [1.54, 1.807) is 7.11 Å². The van der Waals surface area contributed by atoms with E-state index in [2.05, 4.69) is 20.9 Å². The first-order valence-corrected chi connectivity index (χ1v) is 10.6. The van der Waals surface area contributed by atoms with E-state index in [1.807, 2.05) is 83.7 Å². The van der Waals surface area contributed by atoms with E-state index in [-0.39, 0.29) is 0 Å². The number of aliphatic imine (C=N–C) groups is 1. The van der Waals surface area contributed by atoms with Crippen LogP contribution >= 0.6 is 0 Å². The van der Waals surface area contributed by atoms with Crippen LogP contribution in [0.15, 0.2) is 90.1 Å². The number of imidazole rings is 1. The lowest BCUT2D eigenvalue weighted by Gasteiger charge is -2.18. The summed E-state index contributed by atoms with van der Waals surface area (Å²) < 4.78 is 9.35. The number of methoxy groups -OCH3 is 1. The molecule has 8 nitrogen and oxygen atoms in total. The summed E-state index contributed by atoms with van der Waals surface area (Å²) in [6, 6.07) is 26.0.